The maximum Gasteiger partial charge on any atom is 0.290 e. The van der Waals surface area contributed by atoms with Gasteiger partial charge in [0.1, 0.15) is 0 Å². The van der Waals surface area contributed by atoms with Gasteiger partial charge in [0.05, 0.1) is 5.52 Å². The summed E-state index contributed by atoms with van der Waals surface area (Å²) in [5.74, 6) is -0.807. The highest BCUT2D eigenvalue weighted by Crippen LogP contribution is 2.10. The van der Waals surface area contributed by atoms with Crippen LogP contribution >= 0.6 is 0 Å². The normalized spacial score (nSPS) is 10.2. The summed E-state index contributed by atoms with van der Waals surface area (Å²) >= 11 is 0. The molecule has 63 valence electrons. The molecule has 1 radical (unpaired) electrons. The van der Waals surface area contributed by atoms with Crippen LogP contribution in [0.5, 0.6) is 0 Å². The SMILES string of the molecule is [NH]C(=O)c1cc2ccccc2nn1. The summed E-state index contributed by atoms with van der Waals surface area (Å²) in [6, 6.07) is 8.90. The largest absolute Gasteiger partial charge is 0.290 e. The molecule has 0 aliphatic carbocycles. The van der Waals surface area contributed by atoms with Crippen LogP contribution in [0.25, 0.3) is 10.9 Å². The predicted octanol–water partition coefficient (Wildman–Crippen LogP) is 1.05. The van der Waals surface area contributed by atoms with Crippen molar-refractivity contribution in [3.05, 3.63) is 36.0 Å². The average molecular weight is 172 g/mol. The van der Waals surface area contributed by atoms with E-state index in [9.17, 15) is 4.79 Å². The van der Waals surface area contributed by atoms with Crippen molar-refractivity contribution in [2.75, 3.05) is 0 Å². The van der Waals surface area contributed by atoms with Gasteiger partial charge in [0.25, 0.3) is 5.91 Å². The molecule has 0 atom stereocenters. The molecule has 1 aromatic carbocycles. The van der Waals surface area contributed by atoms with Gasteiger partial charge in [-0.2, -0.15) is 0 Å². The molecule has 1 amide bonds. The zero-order valence-electron chi connectivity index (χ0n) is 6.69. The molecule has 4 heteroatoms. The molecule has 13 heavy (non-hydrogen) atoms. The highest BCUT2D eigenvalue weighted by molar-refractivity contribution is 5.93. The topological polar surface area (TPSA) is 66.7 Å². The van der Waals surface area contributed by atoms with E-state index in [4.69, 9.17) is 5.73 Å². The highest BCUT2D eigenvalue weighted by Gasteiger charge is 2.04. The number of aromatic nitrogens is 2. The van der Waals surface area contributed by atoms with Crippen molar-refractivity contribution in [3.63, 3.8) is 0 Å². The third-order valence-corrected chi connectivity index (χ3v) is 1.73. The van der Waals surface area contributed by atoms with Crippen molar-refractivity contribution in [2.45, 2.75) is 0 Å². The van der Waals surface area contributed by atoms with E-state index in [0.717, 1.165) is 10.9 Å². The van der Waals surface area contributed by atoms with E-state index in [-0.39, 0.29) is 5.69 Å². The first kappa shape index (κ1) is 7.67. The first-order chi connectivity index (χ1) is 6.27. The summed E-state index contributed by atoms with van der Waals surface area (Å²) in [7, 11) is 0. The number of carbonyl (C=O) groups excluding carboxylic acids is 1. The van der Waals surface area contributed by atoms with E-state index in [1.165, 1.54) is 0 Å². The lowest BCUT2D eigenvalue weighted by molar-refractivity contribution is 0.0986. The molecule has 1 heterocycles. The van der Waals surface area contributed by atoms with Gasteiger partial charge in [-0.25, -0.2) is 0 Å². The second-order valence-electron chi connectivity index (χ2n) is 2.62. The van der Waals surface area contributed by atoms with Gasteiger partial charge in [-0.3, -0.25) is 10.5 Å². The smallest absolute Gasteiger partial charge is 0.266 e. The second-order valence-corrected chi connectivity index (χ2v) is 2.62. The van der Waals surface area contributed by atoms with Crippen LogP contribution in [0, 0.1) is 0 Å². The molecule has 0 aliphatic rings. The van der Waals surface area contributed by atoms with E-state index in [0.29, 0.717) is 0 Å². The molecule has 0 aliphatic heterocycles. The molecular weight excluding hydrogens is 166 g/mol. The van der Waals surface area contributed by atoms with Gasteiger partial charge in [-0.05, 0) is 12.1 Å². The van der Waals surface area contributed by atoms with Crippen LogP contribution in [0.2, 0.25) is 0 Å². The molecule has 1 aromatic heterocycles. The predicted molar refractivity (Wildman–Crippen MR) is 47.0 cm³/mol. The zero-order chi connectivity index (χ0) is 9.26. The van der Waals surface area contributed by atoms with Crippen LogP contribution in [0.4, 0.5) is 0 Å². The Bertz CT molecular complexity index is 467. The number of amides is 1. The Morgan fingerprint density at radius 1 is 1.23 bits per heavy atom. The van der Waals surface area contributed by atoms with Gasteiger partial charge < -0.3 is 0 Å². The van der Waals surface area contributed by atoms with Gasteiger partial charge in [0, 0.05) is 5.39 Å². The van der Waals surface area contributed by atoms with Crippen LogP contribution in [0.15, 0.2) is 30.3 Å². The highest BCUT2D eigenvalue weighted by atomic mass is 16.1. The van der Waals surface area contributed by atoms with Gasteiger partial charge >= 0.3 is 0 Å². The average Bonchev–Trinajstić information content (AvgIpc) is 2.17. The number of rotatable bonds is 1. The van der Waals surface area contributed by atoms with Gasteiger partial charge in [-0.1, -0.05) is 18.2 Å². The summed E-state index contributed by atoms with van der Waals surface area (Å²) in [6.07, 6.45) is 0. The number of nitrogens with zero attached hydrogens (tertiary/aromatic N) is 2. The van der Waals surface area contributed by atoms with Crippen molar-refractivity contribution >= 4 is 16.8 Å². The Morgan fingerprint density at radius 2 is 2.00 bits per heavy atom. The van der Waals surface area contributed by atoms with E-state index >= 15 is 0 Å². The summed E-state index contributed by atoms with van der Waals surface area (Å²) in [6.45, 7) is 0. The van der Waals surface area contributed by atoms with E-state index in [1.54, 1.807) is 12.1 Å². The zero-order valence-corrected chi connectivity index (χ0v) is 6.69. The monoisotopic (exact) mass is 172 g/mol. The number of nitrogens with one attached hydrogen (secondary N) is 1. The molecule has 4 nitrogen and oxygen atoms in total. The molecular formula is C9H6N3O. The Balaban J connectivity index is 2.69. The lowest BCUT2D eigenvalue weighted by Crippen LogP contribution is -2.03. The third-order valence-electron chi connectivity index (χ3n) is 1.73. The quantitative estimate of drug-likeness (QED) is 0.645. The van der Waals surface area contributed by atoms with Gasteiger partial charge in [0.15, 0.2) is 5.69 Å². The van der Waals surface area contributed by atoms with Gasteiger partial charge in [0.2, 0.25) is 0 Å². The minimum Gasteiger partial charge on any atom is -0.266 e. The number of hydrogen-bond donors (Lipinski definition) is 0. The standard InChI is InChI=1S/C9H6N3O/c10-9(13)8-5-6-3-1-2-4-7(6)11-12-8/h1-5,10H. The van der Waals surface area contributed by atoms with Crippen molar-refractivity contribution in [1.29, 1.82) is 0 Å². The summed E-state index contributed by atoms with van der Waals surface area (Å²) in [5.41, 5.74) is 7.66. The minimum atomic E-state index is -0.807. The minimum absolute atomic E-state index is 0.0821. The number of carbonyl (C=O) groups is 1. The fourth-order valence-corrected chi connectivity index (χ4v) is 1.10. The fraction of sp³-hybridized carbons (Fsp3) is 0. The molecule has 0 unspecified atom stereocenters. The fourth-order valence-electron chi connectivity index (χ4n) is 1.10. The molecule has 2 aromatic rings. The van der Waals surface area contributed by atoms with Crippen molar-refractivity contribution < 1.29 is 4.79 Å². The summed E-state index contributed by atoms with van der Waals surface area (Å²) < 4.78 is 0. The first-order valence-corrected chi connectivity index (χ1v) is 3.76. The lowest BCUT2D eigenvalue weighted by Gasteiger charge is -1.96. The molecule has 1 N–H and O–H groups in total. The van der Waals surface area contributed by atoms with E-state index in [1.807, 2.05) is 18.2 Å². The Labute approximate surface area is 74.4 Å². The second kappa shape index (κ2) is 2.82. The molecule has 0 saturated carbocycles. The maximum absolute atomic E-state index is 10.7. The van der Waals surface area contributed by atoms with E-state index in [2.05, 4.69) is 10.2 Å². The van der Waals surface area contributed by atoms with Crippen LogP contribution in [-0.2, 0) is 0 Å². The van der Waals surface area contributed by atoms with Crippen LogP contribution in [-0.4, -0.2) is 16.1 Å². The van der Waals surface area contributed by atoms with Crippen molar-refractivity contribution in [2.24, 2.45) is 0 Å². The Hall–Kier alpha value is -1.97. The van der Waals surface area contributed by atoms with Gasteiger partial charge in [-0.15, -0.1) is 10.2 Å². The lowest BCUT2D eigenvalue weighted by atomic mass is 10.2. The van der Waals surface area contributed by atoms with E-state index < -0.39 is 5.91 Å². The summed E-state index contributed by atoms with van der Waals surface area (Å²) in [4.78, 5) is 10.7. The Morgan fingerprint density at radius 3 is 2.77 bits per heavy atom. The van der Waals surface area contributed by atoms with Crippen molar-refractivity contribution in [1.82, 2.24) is 15.9 Å². The summed E-state index contributed by atoms with van der Waals surface area (Å²) in [5, 5.41) is 8.26. The van der Waals surface area contributed by atoms with Crippen LogP contribution in [0.1, 0.15) is 10.5 Å². The number of fused-ring (bicyclic) bond motifs is 1. The van der Waals surface area contributed by atoms with Crippen molar-refractivity contribution in [3.8, 4) is 0 Å². The molecule has 2 rings (SSSR count). The third kappa shape index (κ3) is 1.33. The number of benzene rings is 1. The molecule has 0 fully saturated rings. The molecule has 0 spiro atoms. The number of hydrogen-bond acceptors (Lipinski definition) is 3. The molecule has 0 saturated heterocycles. The Kier molecular flexibility index (Phi) is 1.66. The first-order valence-electron chi connectivity index (χ1n) is 3.76. The molecule has 0 bridgehead atoms. The van der Waals surface area contributed by atoms with Crippen LogP contribution < -0.4 is 5.73 Å². The maximum atomic E-state index is 10.7. The van der Waals surface area contributed by atoms with Crippen LogP contribution in [0.3, 0.4) is 0 Å².